The number of benzene rings is 4. The molecule has 0 aliphatic rings. The third-order valence-electron chi connectivity index (χ3n) is 7.95. The molecule has 8 heteroatoms. The maximum Gasteiger partial charge on any atom is 0.134 e. The van der Waals surface area contributed by atoms with Gasteiger partial charge >= 0.3 is 0 Å². The van der Waals surface area contributed by atoms with Gasteiger partial charge in [0.05, 0.1) is 22.5 Å². The summed E-state index contributed by atoms with van der Waals surface area (Å²) in [5, 5.41) is 28.5. The Morgan fingerprint density at radius 2 is 0.796 bits per heavy atom. The molecule has 0 amide bonds. The molecule has 0 atom stereocenters. The van der Waals surface area contributed by atoms with Crippen LogP contribution in [0.2, 0.25) is 0 Å². The summed E-state index contributed by atoms with van der Waals surface area (Å²) in [4.78, 5) is 11.5. The molecule has 0 N–H and O–H groups in total. The van der Waals surface area contributed by atoms with Crippen molar-refractivity contribution >= 4 is 68.6 Å². The lowest BCUT2D eigenvalue weighted by atomic mass is 10.0. The first kappa shape index (κ1) is 37.7. The van der Waals surface area contributed by atoms with Crippen molar-refractivity contribution in [3.63, 3.8) is 0 Å². The van der Waals surface area contributed by atoms with Crippen LogP contribution in [-0.4, -0.2) is 9.97 Å². The molecule has 0 unspecified atom stereocenters. The molecule has 4 heterocycles. The van der Waals surface area contributed by atoms with Gasteiger partial charge in [0.25, 0.3) is 0 Å². The first-order valence-electron chi connectivity index (χ1n) is 17.2. The molecular weight excluding hydrogens is 737 g/mol. The van der Waals surface area contributed by atoms with E-state index < -0.39 is 0 Å². The lowest BCUT2D eigenvalue weighted by Crippen LogP contribution is -1.83. The predicted molar refractivity (Wildman–Crippen MR) is 233 cm³/mol. The Hall–Kier alpha value is -6.00. The van der Waals surface area contributed by atoms with E-state index in [2.05, 4.69) is 94.9 Å². The Bertz CT molecular complexity index is 2310. The molecule has 262 valence electrons. The number of nitrogens with zero attached hydrogens (tertiary/aromatic N) is 4. The van der Waals surface area contributed by atoms with Crippen LogP contribution in [0, 0.1) is 22.7 Å². The van der Waals surface area contributed by atoms with Gasteiger partial charge in [0.15, 0.2) is 0 Å². The standard InChI is InChI=1S/2C22H14N2S2.C2H6/c2*23-14-19(13-20-7-4-12-25-20)22-24-21(15-26-22)18-10-8-17(9-11-18)16-5-2-1-3-6-16;1-2/h2*1-13,15H;1-2H3/b2*19-13+;. The molecular formula is C46H34N4S4. The molecule has 54 heavy (non-hydrogen) atoms. The van der Waals surface area contributed by atoms with Gasteiger partial charge in [-0.1, -0.05) is 135 Å². The number of hydrogen-bond acceptors (Lipinski definition) is 8. The van der Waals surface area contributed by atoms with Crippen LogP contribution >= 0.6 is 45.3 Å². The number of thiophene rings is 2. The molecule has 4 aromatic heterocycles. The highest BCUT2D eigenvalue weighted by Crippen LogP contribution is 2.31. The summed E-state index contributed by atoms with van der Waals surface area (Å²) >= 11 is 6.23. The van der Waals surface area contributed by atoms with Gasteiger partial charge < -0.3 is 0 Å². The number of allylic oxidation sites excluding steroid dienone is 2. The quantitative estimate of drug-likeness (QED) is 0.144. The van der Waals surface area contributed by atoms with Crippen molar-refractivity contribution in [3.8, 4) is 56.9 Å². The van der Waals surface area contributed by atoms with Crippen LogP contribution in [0.5, 0.6) is 0 Å². The summed E-state index contributed by atoms with van der Waals surface area (Å²) in [5.74, 6) is 0. The van der Waals surface area contributed by atoms with E-state index in [0.29, 0.717) is 11.1 Å². The van der Waals surface area contributed by atoms with E-state index >= 15 is 0 Å². The lowest BCUT2D eigenvalue weighted by molar-refractivity contribution is 1.37. The summed E-state index contributed by atoms with van der Waals surface area (Å²) in [5.41, 5.74) is 9.87. The number of thiazole rings is 2. The Balaban J connectivity index is 0.000000176. The maximum atomic E-state index is 9.47. The Kier molecular flexibility index (Phi) is 13.4. The third-order valence-corrected chi connectivity index (χ3v) is 11.3. The molecule has 8 rings (SSSR count). The zero-order valence-corrected chi connectivity index (χ0v) is 32.9. The van der Waals surface area contributed by atoms with E-state index in [9.17, 15) is 10.5 Å². The number of hydrogen-bond donors (Lipinski definition) is 0. The van der Waals surface area contributed by atoms with Gasteiger partial charge in [-0.05, 0) is 57.3 Å². The van der Waals surface area contributed by atoms with Crippen LogP contribution in [0.3, 0.4) is 0 Å². The van der Waals surface area contributed by atoms with Gasteiger partial charge in [0.2, 0.25) is 0 Å². The van der Waals surface area contributed by atoms with Crippen LogP contribution < -0.4 is 0 Å². The largest absolute Gasteiger partial charge is 0.235 e. The predicted octanol–water partition coefficient (Wildman–Crippen LogP) is 14.2. The third kappa shape index (κ3) is 9.70. The van der Waals surface area contributed by atoms with Gasteiger partial charge in [-0.25, -0.2) is 9.97 Å². The van der Waals surface area contributed by atoms with Crippen LogP contribution in [0.15, 0.2) is 155 Å². The minimum absolute atomic E-state index is 0.601. The normalized spacial score (nSPS) is 11.0. The molecule has 0 fully saturated rings. The molecule has 4 aromatic carbocycles. The maximum absolute atomic E-state index is 9.47. The van der Waals surface area contributed by atoms with Crippen molar-refractivity contribution < 1.29 is 0 Å². The summed E-state index contributed by atoms with van der Waals surface area (Å²) in [6.07, 6.45) is 3.79. The van der Waals surface area contributed by atoms with E-state index in [1.165, 1.54) is 44.9 Å². The molecule has 8 aromatic rings. The van der Waals surface area contributed by atoms with Crippen LogP contribution in [-0.2, 0) is 0 Å². The molecule has 0 saturated heterocycles. The molecule has 0 aliphatic carbocycles. The van der Waals surface area contributed by atoms with Crippen molar-refractivity contribution in [1.29, 1.82) is 10.5 Å². The molecule has 0 spiro atoms. The molecule has 0 radical (unpaired) electrons. The smallest absolute Gasteiger partial charge is 0.134 e. The monoisotopic (exact) mass is 770 g/mol. The molecule has 4 nitrogen and oxygen atoms in total. The molecule has 0 aliphatic heterocycles. The first-order chi connectivity index (χ1) is 26.7. The van der Waals surface area contributed by atoms with Gasteiger partial charge in [0.1, 0.15) is 22.2 Å². The number of rotatable bonds is 8. The SMILES string of the molecule is CC.N#C/C(=C\c1cccs1)c1nc(-c2ccc(-c3ccccc3)cc2)cs1.N#C/C(=C\c1cccs1)c1nc(-c2ccc(-c3ccccc3)cc2)cs1. The second-order valence-electron chi connectivity index (χ2n) is 11.3. The zero-order chi connectivity index (χ0) is 37.5. The van der Waals surface area contributed by atoms with Gasteiger partial charge in [-0.15, -0.1) is 45.3 Å². The Labute approximate surface area is 332 Å². The highest BCUT2D eigenvalue weighted by molar-refractivity contribution is 7.12. The Morgan fingerprint density at radius 1 is 0.444 bits per heavy atom. The average Bonchev–Trinajstić information content (AvgIpc) is 4.10. The average molecular weight is 771 g/mol. The van der Waals surface area contributed by atoms with E-state index in [4.69, 9.17) is 0 Å². The zero-order valence-electron chi connectivity index (χ0n) is 29.6. The second-order valence-corrected chi connectivity index (χ2v) is 15.0. The first-order valence-corrected chi connectivity index (χ1v) is 20.7. The van der Waals surface area contributed by atoms with Crippen LogP contribution in [0.25, 0.3) is 68.1 Å². The van der Waals surface area contributed by atoms with Crippen molar-refractivity contribution in [2.45, 2.75) is 13.8 Å². The fourth-order valence-electron chi connectivity index (χ4n) is 5.30. The number of nitriles is 2. The minimum atomic E-state index is 0.601. The second kappa shape index (κ2) is 19.2. The number of aromatic nitrogens is 2. The van der Waals surface area contributed by atoms with Crippen LogP contribution in [0.4, 0.5) is 0 Å². The van der Waals surface area contributed by atoms with Crippen molar-refractivity contribution in [1.82, 2.24) is 9.97 Å². The summed E-state index contributed by atoms with van der Waals surface area (Å²) in [6.45, 7) is 4.00. The summed E-state index contributed by atoms with van der Waals surface area (Å²) in [6, 6.07) is 49.8. The highest BCUT2D eigenvalue weighted by atomic mass is 32.1. The van der Waals surface area contributed by atoms with Crippen molar-refractivity contribution in [3.05, 3.63) is 175 Å². The summed E-state index contributed by atoms with van der Waals surface area (Å²) in [7, 11) is 0. The highest BCUT2D eigenvalue weighted by Gasteiger charge is 2.11. The van der Waals surface area contributed by atoms with E-state index in [-0.39, 0.29) is 0 Å². The van der Waals surface area contributed by atoms with E-state index in [1.54, 1.807) is 22.7 Å². The topological polar surface area (TPSA) is 73.4 Å². The van der Waals surface area contributed by atoms with Gasteiger partial charge in [-0.3, -0.25) is 0 Å². The van der Waals surface area contributed by atoms with Gasteiger partial charge in [-0.2, -0.15) is 10.5 Å². The molecule has 0 bridgehead atoms. The lowest BCUT2D eigenvalue weighted by Gasteiger charge is -2.02. The van der Waals surface area contributed by atoms with Gasteiger partial charge in [0, 0.05) is 31.6 Å². The molecule has 0 saturated carbocycles. The van der Waals surface area contributed by atoms with Crippen molar-refractivity contribution in [2.24, 2.45) is 0 Å². The van der Waals surface area contributed by atoms with E-state index in [1.807, 2.05) is 108 Å². The minimum Gasteiger partial charge on any atom is -0.235 e. The van der Waals surface area contributed by atoms with Crippen molar-refractivity contribution in [2.75, 3.05) is 0 Å². The Morgan fingerprint density at radius 3 is 1.13 bits per heavy atom. The summed E-state index contributed by atoms with van der Waals surface area (Å²) < 4.78 is 0. The van der Waals surface area contributed by atoms with Crippen LogP contribution in [0.1, 0.15) is 33.6 Å². The van der Waals surface area contributed by atoms with E-state index in [0.717, 1.165) is 42.3 Å². The fourth-order valence-corrected chi connectivity index (χ4v) is 8.21. The fraction of sp³-hybridized carbons (Fsp3) is 0.0435.